The summed E-state index contributed by atoms with van der Waals surface area (Å²) in [6.45, 7) is 15.8. The van der Waals surface area contributed by atoms with Gasteiger partial charge in [0.2, 0.25) is 0 Å². The van der Waals surface area contributed by atoms with Gasteiger partial charge in [0.05, 0.1) is 6.10 Å². The molecule has 2 aliphatic rings. The van der Waals surface area contributed by atoms with Crippen LogP contribution in [0.25, 0.3) is 0 Å². The second-order valence-corrected chi connectivity index (χ2v) is 9.32. The van der Waals surface area contributed by atoms with Crippen LogP contribution in [0.4, 0.5) is 0 Å². The van der Waals surface area contributed by atoms with E-state index in [-0.39, 0.29) is 29.4 Å². The predicted octanol–water partition coefficient (Wildman–Crippen LogP) is 3.73. The third-order valence-electron chi connectivity index (χ3n) is 5.87. The first kappa shape index (κ1) is 25.0. The summed E-state index contributed by atoms with van der Waals surface area (Å²) in [4.78, 5) is 7.00. The van der Waals surface area contributed by atoms with Crippen LogP contribution in [0.1, 0.15) is 59.8 Å². The normalized spacial score (nSPS) is 25.7. The highest BCUT2D eigenvalue weighted by atomic mass is 127. The van der Waals surface area contributed by atoms with E-state index in [1.54, 1.807) is 0 Å². The Morgan fingerprint density at radius 1 is 1.15 bits per heavy atom. The van der Waals surface area contributed by atoms with Gasteiger partial charge in [-0.25, -0.2) is 0 Å². The lowest BCUT2D eigenvalue weighted by molar-refractivity contribution is -0.0835. The van der Waals surface area contributed by atoms with Gasteiger partial charge in [-0.1, -0.05) is 27.7 Å². The van der Waals surface area contributed by atoms with E-state index in [9.17, 15) is 0 Å². The predicted molar refractivity (Wildman–Crippen MR) is 126 cm³/mol. The molecule has 0 radical (unpaired) electrons. The maximum atomic E-state index is 6.09. The molecule has 2 heterocycles. The number of guanidine groups is 1. The fourth-order valence-corrected chi connectivity index (χ4v) is 4.25. The zero-order valence-electron chi connectivity index (χ0n) is 18.2. The van der Waals surface area contributed by atoms with Crippen LogP contribution in [0.3, 0.4) is 0 Å². The minimum atomic E-state index is 0. The van der Waals surface area contributed by atoms with E-state index in [1.807, 2.05) is 7.05 Å². The van der Waals surface area contributed by atoms with E-state index in [0.29, 0.717) is 12.0 Å². The number of nitrogens with one attached hydrogen (secondary N) is 2. The smallest absolute Gasteiger partial charge is 0.190 e. The van der Waals surface area contributed by atoms with E-state index in [2.05, 4.69) is 48.2 Å². The Labute approximate surface area is 184 Å². The number of likely N-dealkylation sites (tertiary alicyclic amines) is 1. The Morgan fingerprint density at radius 2 is 1.85 bits per heavy atom. The van der Waals surface area contributed by atoms with Gasteiger partial charge >= 0.3 is 0 Å². The molecule has 27 heavy (non-hydrogen) atoms. The van der Waals surface area contributed by atoms with Gasteiger partial charge in [-0.15, -0.1) is 24.0 Å². The Kier molecular flexibility index (Phi) is 11.5. The summed E-state index contributed by atoms with van der Waals surface area (Å²) < 4.78 is 6.09. The van der Waals surface area contributed by atoms with Gasteiger partial charge in [0, 0.05) is 32.7 Å². The van der Waals surface area contributed by atoms with Crippen LogP contribution >= 0.6 is 24.0 Å². The van der Waals surface area contributed by atoms with Crippen molar-refractivity contribution in [2.24, 2.45) is 22.2 Å². The van der Waals surface area contributed by atoms with Gasteiger partial charge in [0.1, 0.15) is 0 Å². The number of piperidine rings is 1. The van der Waals surface area contributed by atoms with Gasteiger partial charge in [-0.3, -0.25) is 4.99 Å². The molecule has 160 valence electrons. The number of rotatable bonds is 6. The molecule has 0 saturated carbocycles. The Bertz CT molecular complexity index is 430. The van der Waals surface area contributed by atoms with Gasteiger partial charge < -0.3 is 20.3 Å². The van der Waals surface area contributed by atoms with Gasteiger partial charge in [0.15, 0.2) is 5.96 Å². The van der Waals surface area contributed by atoms with E-state index >= 15 is 0 Å². The van der Waals surface area contributed by atoms with Crippen molar-refractivity contribution in [1.29, 1.82) is 0 Å². The Balaban J connectivity index is 0.00000364. The lowest BCUT2D eigenvalue weighted by Crippen LogP contribution is -2.47. The number of aliphatic imine (C=N–C) groups is 1. The average molecular weight is 495 g/mol. The molecule has 2 saturated heterocycles. The van der Waals surface area contributed by atoms with Crippen LogP contribution in [0.2, 0.25) is 0 Å². The topological polar surface area (TPSA) is 48.9 Å². The third kappa shape index (κ3) is 8.86. The number of hydrogen-bond donors (Lipinski definition) is 2. The van der Waals surface area contributed by atoms with Crippen molar-refractivity contribution < 1.29 is 4.74 Å². The molecule has 0 aromatic heterocycles. The number of hydrogen-bond acceptors (Lipinski definition) is 3. The molecule has 0 bridgehead atoms. The van der Waals surface area contributed by atoms with E-state index < -0.39 is 0 Å². The zero-order chi connectivity index (χ0) is 19.0. The van der Waals surface area contributed by atoms with Crippen LogP contribution < -0.4 is 10.6 Å². The minimum absolute atomic E-state index is 0. The molecule has 6 heteroatoms. The standard InChI is InChI=1S/C21H42N4O.HI/c1-17-9-13-25(14-10-17)12-7-11-23-20(22-5)24-16-18-8-6-15-26-19(18)21(2,3)4;/h17-19H,6-16H2,1-5H3,(H2,22,23,24);1H. The van der Waals surface area contributed by atoms with Gasteiger partial charge in [0.25, 0.3) is 0 Å². The maximum Gasteiger partial charge on any atom is 0.190 e. The fourth-order valence-electron chi connectivity index (χ4n) is 4.25. The van der Waals surface area contributed by atoms with Crippen molar-refractivity contribution >= 4 is 29.9 Å². The summed E-state index contributed by atoms with van der Waals surface area (Å²) in [5.74, 6) is 2.39. The number of halogens is 1. The molecule has 0 amide bonds. The quantitative estimate of drug-likeness (QED) is 0.256. The summed E-state index contributed by atoms with van der Waals surface area (Å²) >= 11 is 0. The Hall–Kier alpha value is -0.0800. The molecular formula is C21H43IN4O. The molecule has 2 N–H and O–H groups in total. The molecular weight excluding hydrogens is 451 g/mol. The van der Waals surface area contributed by atoms with Crippen molar-refractivity contribution in [3.63, 3.8) is 0 Å². The summed E-state index contributed by atoms with van der Waals surface area (Å²) in [6.07, 6.45) is 6.61. The monoisotopic (exact) mass is 494 g/mol. The van der Waals surface area contributed by atoms with E-state index in [0.717, 1.165) is 31.6 Å². The summed E-state index contributed by atoms with van der Waals surface area (Å²) in [5.41, 5.74) is 0.190. The highest BCUT2D eigenvalue weighted by Crippen LogP contribution is 2.33. The SMILES string of the molecule is CN=C(NCCCN1CCC(C)CC1)NCC1CCCOC1C(C)(C)C.I. The first-order valence-corrected chi connectivity index (χ1v) is 10.7. The summed E-state index contributed by atoms with van der Waals surface area (Å²) in [6, 6.07) is 0. The summed E-state index contributed by atoms with van der Waals surface area (Å²) in [7, 11) is 1.86. The molecule has 0 spiro atoms. The molecule has 2 atom stereocenters. The van der Waals surface area contributed by atoms with Crippen LogP contribution in [-0.4, -0.2) is 63.3 Å². The maximum absolute atomic E-state index is 6.09. The largest absolute Gasteiger partial charge is 0.377 e. The van der Waals surface area contributed by atoms with E-state index in [4.69, 9.17) is 4.74 Å². The van der Waals surface area contributed by atoms with E-state index in [1.165, 1.54) is 51.7 Å². The second-order valence-electron chi connectivity index (χ2n) is 9.32. The first-order valence-electron chi connectivity index (χ1n) is 10.7. The number of nitrogens with zero attached hydrogens (tertiary/aromatic N) is 2. The molecule has 5 nitrogen and oxygen atoms in total. The first-order chi connectivity index (χ1) is 12.4. The molecule has 2 aliphatic heterocycles. The molecule has 2 fully saturated rings. The van der Waals surface area contributed by atoms with Crippen molar-refractivity contribution in [2.75, 3.05) is 46.4 Å². The molecule has 0 aliphatic carbocycles. The van der Waals surface area contributed by atoms with Crippen molar-refractivity contribution in [2.45, 2.75) is 65.9 Å². The van der Waals surface area contributed by atoms with Crippen molar-refractivity contribution in [3.8, 4) is 0 Å². The lowest BCUT2D eigenvalue weighted by atomic mass is 9.78. The van der Waals surface area contributed by atoms with Crippen molar-refractivity contribution in [1.82, 2.24) is 15.5 Å². The molecule has 0 aromatic rings. The molecule has 2 unspecified atom stereocenters. The minimum Gasteiger partial charge on any atom is -0.377 e. The molecule has 2 rings (SSSR count). The number of ether oxygens (including phenoxy) is 1. The molecule has 0 aromatic carbocycles. The van der Waals surface area contributed by atoms with Crippen LogP contribution in [-0.2, 0) is 4.74 Å². The van der Waals surface area contributed by atoms with Gasteiger partial charge in [-0.05, 0) is 63.1 Å². The lowest BCUT2D eigenvalue weighted by Gasteiger charge is -2.40. The van der Waals surface area contributed by atoms with Crippen LogP contribution in [0.15, 0.2) is 4.99 Å². The second kappa shape index (κ2) is 12.5. The zero-order valence-corrected chi connectivity index (χ0v) is 20.6. The highest BCUT2D eigenvalue weighted by molar-refractivity contribution is 14.0. The van der Waals surface area contributed by atoms with Crippen LogP contribution in [0.5, 0.6) is 0 Å². The third-order valence-corrected chi connectivity index (χ3v) is 5.87. The van der Waals surface area contributed by atoms with Crippen molar-refractivity contribution in [3.05, 3.63) is 0 Å². The Morgan fingerprint density at radius 3 is 2.48 bits per heavy atom. The van der Waals surface area contributed by atoms with Gasteiger partial charge in [-0.2, -0.15) is 0 Å². The summed E-state index contributed by atoms with van der Waals surface area (Å²) in [5, 5.41) is 7.01. The highest BCUT2D eigenvalue weighted by Gasteiger charge is 2.35. The van der Waals surface area contributed by atoms with Crippen LogP contribution in [0, 0.1) is 17.3 Å². The average Bonchev–Trinajstić information content (AvgIpc) is 2.62. The fraction of sp³-hybridized carbons (Fsp3) is 0.952.